The Morgan fingerprint density at radius 3 is 2.77 bits per heavy atom. The Morgan fingerprint density at radius 2 is 2.04 bits per heavy atom. The van der Waals surface area contributed by atoms with Crippen molar-refractivity contribution >= 4 is 5.91 Å². The van der Waals surface area contributed by atoms with E-state index in [2.05, 4.69) is 15.7 Å². The Balaban J connectivity index is 1.38. The summed E-state index contributed by atoms with van der Waals surface area (Å²) in [4.78, 5) is 19.4. The summed E-state index contributed by atoms with van der Waals surface area (Å²) in [6.45, 7) is 5.25. The van der Waals surface area contributed by atoms with Crippen LogP contribution < -0.4 is 4.74 Å². The molecular formula is C21H27N3O2. The van der Waals surface area contributed by atoms with Crippen LogP contribution in [0.15, 0.2) is 36.7 Å². The van der Waals surface area contributed by atoms with Crippen LogP contribution in [0, 0.1) is 5.92 Å². The number of likely N-dealkylation sites (tertiary alicyclic amines) is 1. The van der Waals surface area contributed by atoms with Gasteiger partial charge >= 0.3 is 0 Å². The molecule has 1 saturated heterocycles. The molecule has 4 rings (SSSR count). The molecule has 1 aromatic heterocycles. The number of benzene rings is 1. The summed E-state index contributed by atoms with van der Waals surface area (Å²) >= 11 is 0. The van der Waals surface area contributed by atoms with E-state index in [4.69, 9.17) is 4.74 Å². The van der Waals surface area contributed by atoms with Gasteiger partial charge in [-0.05, 0) is 56.7 Å². The summed E-state index contributed by atoms with van der Waals surface area (Å²) in [6.07, 6.45) is 8.72. The Morgan fingerprint density at radius 1 is 1.23 bits per heavy atom. The maximum Gasteiger partial charge on any atom is 0.253 e. The highest BCUT2D eigenvalue weighted by molar-refractivity contribution is 5.94. The number of hydrogen-bond donors (Lipinski definition) is 0. The third-order valence-electron chi connectivity index (χ3n) is 5.44. The fourth-order valence-corrected chi connectivity index (χ4v) is 3.82. The van der Waals surface area contributed by atoms with E-state index in [0.717, 1.165) is 44.1 Å². The monoisotopic (exact) mass is 353 g/mol. The first-order valence-electron chi connectivity index (χ1n) is 9.77. The van der Waals surface area contributed by atoms with Crippen LogP contribution in [0.2, 0.25) is 0 Å². The number of amides is 1. The smallest absolute Gasteiger partial charge is 0.253 e. The predicted octanol–water partition coefficient (Wildman–Crippen LogP) is 3.71. The average Bonchev–Trinajstić information content (AvgIpc) is 3.37. The van der Waals surface area contributed by atoms with Gasteiger partial charge in [-0.25, -0.2) is 4.98 Å². The molecule has 1 amide bonds. The van der Waals surface area contributed by atoms with E-state index in [9.17, 15) is 4.79 Å². The number of imidazole rings is 1. The fraction of sp³-hybridized carbons (Fsp3) is 0.524. The van der Waals surface area contributed by atoms with E-state index >= 15 is 0 Å². The molecular weight excluding hydrogens is 326 g/mol. The number of rotatable bonds is 6. The van der Waals surface area contributed by atoms with Gasteiger partial charge in [0.05, 0.1) is 6.61 Å². The molecule has 1 aliphatic heterocycles. The molecule has 5 heteroatoms. The summed E-state index contributed by atoms with van der Waals surface area (Å²) < 4.78 is 7.86. The lowest BCUT2D eigenvalue weighted by atomic mass is 9.95. The molecule has 2 heterocycles. The first-order valence-corrected chi connectivity index (χ1v) is 9.77. The SMILES string of the molecule is CCOc1cccc(C(=O)N2CCC(c3nccn3CC3CC3)CC2)c1. The molecule has 26 heavy (non-hydrogen) atoms. The highest BCUT2D eigenvalue weighted by atomic mass is 16.5. The van der Waals surface area contributed by atoms with Crippen LogP contribution in [0.3, 0.4) is 0 Å². The van der Waals surface area contributed by atoms with Crippen molar-refractivity contribution in [2.45, 2.75) is 45.1 Å². The quantitative estimate of drug-likeness (QED) is 0.795. The molecule has 0 atom stereocenters. The molecule has 1 aromatic carbocycles. The number of piperidine rings is 1. The third kappa shape index (κ3) is 3.76. The first-order chi connectivity index (χ1) is 12.7. The molecule has 5 nitrogen and oxygen atoms in total. The van der Waals surface area contributed by atoms with Crippen LogP contribution >= 0.6 is 0 Å². The molecule has 1 saturated carbocycles. The highest BCUT2D eigenvalue weighted by Crippen LogP contribution is 2.33. The zero-order chi connectivity index (χ0) is 17.9. The lowest BCUT2D eigenvalue weighted by molar-refractivity contribution is 0.0710. The largest absolute Gasteiger partial charge is 0.494 e. The van der Waals surface area contributed by atoms with Crippen molar-refractivity contribution in [1.29, 1.82) is 0 Å². The van der Waals surface area contributed by atoms with Gasteiger partial charge < -0.3 is 14.2 Å². The topological polar surface area (TPSA) is 47.4 Å². The van der Waals surface area contributed by atoms with E-state index < -0.39 is 0 Å². The maximum atomic E-state index is 12.8. The van der Waals surface area contributed by atoms with Gasteiger partial charge in [0, 0.05) is 43.5 Å². The van der Waals surface area contributed by atoms with Crippen LogP contribution in [0.1, 0.15) is 54.7 Å². The molecule has 138 valence electrons. The van der Waals surface area contributed by atoms with Crippen molar-refractivity contribution in [3.63, 3.8) is 0 Å². The second-order valence-electron chi connectivity index (χ2n) is 7.41. The van der Waals surface area contributed by atoms with E-state index in [-0.39, 0.29) is 5.91 Å². The fourth-order valence-electron chi connectivity index (χ4n) is 3.82. The molecule has 0 N–H and O–H groups in total. The normalized spacial score (nSPS) is 18.1. The van der Waals surface area contributed by atoms with Gasteiger partial charge in [-0.15, -0.1) is 0 Å². The minimum absolute atomic E-state index is 0.103. The number of hydrogen-bond acceptors (Lipinski definition) is 3. The van der Waals surface area contributed by atoms with Gasteiger partial charge in [0.25, 0.3) is 5.91 Å². The van der Waals surface area contributed by atoms with Crippen LogP contribution in [0.4, 0.5) is 0 Å². The molecule has 2 fully saturated rings. The van der Waals surface area contributed by atoms with Crippen LogP contribution in [0.25, 0.3) is 0 Å². The Bertz CT molecular complexity index is 758. The van der Waals surface area contributed by atoms with E-state index in [1.54, 1.807) is 0 Å². The summed E-state index contributed by atoms with van der Waals surface area (Å²) in [5.41, 5.74) is 0.713. The first kappa shape index (κ1) is 17.1. The summed E-state index contributed by atoms with van der Waals surface area (Å²) in [6, 6.07) is 7.51. The van der Waals surface area contributed by atoms with Gasteiger partial charge in [-0.3, -0.25) is 4.79 Å². The zero-order valence-corrected chi connectivity index (χ0v) is 15.4. The van der Waals surface area contributed by atoms with Crippen molar-refractivity contribution in [1.82, 2.24) is 14.5 Å². The standard InChI is InChI=1S/C21H27N3O2/c1-2-26-19-5-3-4-18(14-19)21(25)23-11-8-17(9-12-23)20-22-10-13-24(20)15-16-6-7-16/h3-5,10,13-14,16-17H,2,6-9,11-12,15H2,1H3. The minimum Gasteiger partial charge on any atom is -0.494 e. The number of nitrogens with zero attached hydrogens (tertiary/aromatic N) is 3. The summed E-state index contributed by atoms with van der Waals surface area (Å²) in [5, 5.41) is 0. The van der Waals surface area contributed by atoms with Crippen LogP contribution in [-0.4, -0.2) is 40.1 Å². The van der Waals surface area contributed by atoms with E-state index in [0.29, 0.717) is 18.1 Å². The lowest BCUT2D eigenvalue weighted by Crippen LogP contribution is -2.38. The molecule has 0 spiro atoms. The van der Waals surface area contributed by atoms with Crippen molar-refractivity contribution < 1.29 is 9.53 Å². The second-order valence-corrected chi connectivity index (χ2v) is 7.41. The van der Waals surface area contributed by atoms with Crippen LogP contribution in [-0.2, 0) is 6.54 Å². The number of carbonyl (C=O) groups is 1. The minimum atomic E-state index is 0.103. The summed E-state index contributed by atoms with van der Waals surface area (Å²) in [7, 11) is 0. The predicted molar refractivity (Wildman–Crippen MR) is 100 cm³/mol. The van der Waals surface area contributed by atoms with Gasteiger partial charge in [0.2, 0.25) is 0 Å². The number of ether oxygens (including phenoxy) is 1. The zero-order valence-electron chi connectivity index (χ0n) is 15.4. The van der Waals surface area contributed by atoms with Crippen molar-refractivity contribution in [3.05, 3.63) is 48.0 Å². The third-order valence-corrected chi connectivity index (χ3v) is 5.44. The van der Waals surface area contributed by atoms with E-state index in [1.807, 2.05) is 42.3 Å². The van der Waals surface area contributed by atoms with E-state index in [1.165, 1.54) is 18.7 Å². The Labute approximate surface area is 155 Å². The van der Waals surface area contributed by atoms with Crippen molar-refractivity contribution in [2.24, 2.45) is 5.92 Å². The maximum absolute atomic E-state index is 12.8. The van der Waals surface area contributed by atoms with Crippen molar-refractivity contribution in [3.8, 4) is 5.75 Å². The summed E-state index contributed by atoms with van der Waals surface area (Å²) in [5.74, 6) is 3.38. The van der Waals surface area contributed by atoms with Crippen molar-refractivity contribution in [2.75, 3.05) is 19.7 Å². The molecule has 0 bridgehead atoms. The van der Waals surface area contributed by atoms with Gasteiger partial charge in [0.1, 0.15) is 11.6 Å². The molecule has 2 aliphatic rings. The lowest BCUT2D eigenvalue weighted by Gasteiger charge is -2.32. The number of aromatic nitrogens is 2. The van der Waals surface area contributed by atoms with Gasteiger partial charge in [0.15, 0.2) is 0 Å². The molecule has 0 unspecified atom stereocenters. The molecule has 0 radical (unpaired) electrons. The van der Waals surface area contributed by atoms with Gasteiger partial charge in [-0.1, -0.05) is 6.07 Å². The second kappa shape index (κ2) is 7.52. The Kier molecular flexibility index (Phi) is 4.96. The number of carbonyl (C=O) groups excluding carboxylic acids is 1. The molecule has 2 aromatic rings. The Hall–Kier alpha value is -2.30. The van der Waals surface area contributed by atoms with Crippen LogP contribution in [0.5, 0.6) is 5.75 Å². The highest BCUT2D eigenvalue weighted by Gasteiger charge is 2.29. The van der Waals surface area contributed by atoms with Gasteiger partial charge in [-0.2, -0.15) is 0 Å². The average molecular weight is 353 g/mol. The molecule has 1 aliphatic carbocycles.